The summed E-state index contributed by atoms with van der Waals surface area (Å²) in [5.41, 5.74) is 17.9. The summed E-state index contributed by atoms with van der Waals surface area (Å²) in [5, 5.41) is 28.9. The van der Waals surface area contributed by atoms with Gasteiger partial charge in [0, 0.05) is 24.3 Å². The molecule has 0 spiro atoms. The van der Waals surface area contributed by atoms with E-state index in [1.165, 1.54) is 11.6 Å². The molecule has 1 aromatic heterocycles. The van der Waals surface area contributed by atoms with E-state index in [4.69, 9.17) is 27.4 Å². The van der Waals surface area contributed by atoms with Gasteiger partial charge >= 0.3 is 5.97 Å². The molecule has 3 unspecified atom stereocenters. The Bertz CT molecular complexity index is 1060. The summed E-state index contributed by atoms with van der Waals surface area (Å²) >= 11 is 5.17. The highest BCUT2D eigenvalue weighted by Crippen LogP contribution is 2.40. The van der Waals surface area contributed by atoms with Crippen LogP contribution >= 0.6 is 24.2 Å². The molecule has 15 nitrogen and oxygen atoms in total. The van der Waals surface area contributed by atoms with Crippen LogP contribution in [0.2, 0.25) is 0 Å². The van der Waals surface area contributed by atoms with Gasteiger partial charge in [0.25, 0.3) is 11.8 Å². The van der Waals surface area contributed by atoms with Crippen LogP contribution in [0.15, 0.2) is 15.6 Å². The zero-order valence-corrected chi connectivity index (χ0v) is 20.1. The number of nitrogens with one attached hydrogen (secondary N) is 3. The molecule has 2 fully saturated rings. The second-order valence-electron chi connectivity index (χ2n) is 7.86. The Balaban J connectivity index is 1.65. The number of hydrogen-bond acceptors (Lipinski definition) is 14. The van der Waals surface area contributed by atoms with Gasteiger partial charge in [0.05, 0.1) is 24.5 Å². The maximum absolute atomic E-state index is 13.0. The number of β-lactam (4-membered cyclic amide) rings is 1. The van der Waals surface area contributed by atoms with Gasteiger partial charge in [0.1, 0.15) is 11.7 Å². The lowest BCUT2D eigenvalue weighted by atomic mass is 9.98. The first-order valence-corrected chi connectivity index (χ1v) is 11.7. The van der Waals surface area contributed by atoms with Gasteiger partial charge in [-0.1, -0.05) is 18.0 Å². The Hall–Kier alpha value is -3.28. The first-order valence-electron chi connectivity index (χ1n) is 10.4. The molecule has 1 aromatic rings. The second kappa shape index (κ2) is 11.0. The largest absolute Gasteiger partial charge is 0.478 e. The molecule has 2 aliphatic rings. The van der Waals surface area contributed by atoms with Crippen molar-refractivity contribution in [1.29, 1.82) is 5.41 Å². The lowest BCUT2D eigenvalue weighted by molar-refractivity contribution is -0.153. The Morgan fingerprint density at radius 3 is 2.80 bits per heavy atom. The molecular weight excluding hydrogens is 500 g/mol. The van der Waals surface area contributed by atoms with Gasteiger partial charge in [-0.15, -0.1) is 11.3 Å². The molecule has 2 amide bonds. The number of amides is 2. The van der Waals surface area contributed by atoms with Crippen LogP contribution in [0.5, 0.6) is 0 Å². The predicted octanol–water partition coefficient (Wildman–Crippen LogP) is -2.13. The molecule has 1 aliphatic carbocycles. The Labute approximate surface area is 209 Å². The van der Waals surface area contributed by atoms with Crippen molar-refractivity contribution in [1.82, 2.24) is 20.0 Å². The molecule has 0 radical (unpaired) electrons. The Morgan fingerprint density at radius 2 is 2.23 bits per heavy atom. The Morgan fingerprint density at radius 1 is 1.51 bits per heavy atom. The summed E-state index contributed by atoms with van der Waals surface area (Å²) < 4.78 is 1.12. The topological polar surface area (TPSA) is 247 Å². The molecule has 1 saturated heterocycles. The monoisotopic (exact) mass is 526 g/mol. The molecule has 3 rings (SSSR count). The highest BCUT2D eigenvalue weighted by atomic mass is 32.1. The molecule has 1 saturated carbocycles. The minimum atomic E-state index is -1.48. The number of nitrogens with two attached hydrogens (primary N) is 3. The summed E-state index contributed by atoms with van der Waals surface area (Å²) in [6, 6.07) is -2.10. The van der Waals surface area contributed by atoms with Gasteiger partial charge in [-0.05, 0) is 13.0 Å². The number of carbonyl (C=O) groups excluding carboxylic acids is 2. The maximum Gasteiger partial charge on any atom is 0.350 e. The van der Waals surface area contributed by atoms with Crippen molar-refractivity contribution >= 4 is 64.7 Å². The number of carbonyl (C=O) groups is 3. The summed E-state index contributed by atoms with van der Waals surface area (Å²) in [7, 11) is 0. The van der Waals surface area contributed by atoms with Crippen molar-refractivity contribution in [3.8, 4) is 0 Å². The summed E-state index contributed by atoms with van der Waals surface area (Å²) in [4.78, 5) is 45.8. The predicted molar refractivity (Wildman–Crippen MR) is 131 cm³/mol. The van der Waals surface area contributed by atoms with E-state index in [2.05, 4.69) is 38.8 Å². The Kier molecular flexibility index (Phi) is 8.26. The van der Waals surface area contributed by atoms with Crippen LogP contribution in [0.4, 0.5) is 5.13 Å². The van der Waals surface area contributed by atoms with Crippen LogP contribution in [0.3, 0.4) is 0 Å². The van der Waals surface area contributed by atoms with Crippen LogP contribution in [-0.2, 0) is 19.2 Å². The van der Waals surface area contributed by atoms with Crippen molar-refractivity contribution in [2.24, 2.45) is 21.7 Å². The van der Waals surface area contributed by atoms with E-state index < -0.39 is 41.5 Å². The van der Waals surface area contributed by atoms with Gasteiger partial charge < -0.3 is 43.3 Å². The lowest BCUT2D eigenvalue weighted by Crippen LogP contribution is -2.70. The first kappa shape index (κ1) is 26.3. The van der Waals surface area contributed by atoms with Crippen LogP contribution in [0.1, 0.15) is 25.0 Å². The number of thiol groups is 1. The molecule has 190 valence electrons. The van der Waals surface area contributed by atoms with Gasteiger partial charge in [0.15, 0.2) is 10.8 Å². The average molecular weight is 527 g/mol. The van der Waals surface area contributed by atoms with Crippen LogP contribution in [-0.4, -0.2) is 86.6 Å². The van der Waals surface area contributed by atoms with Crippen molar-refractivity contribution in [3.63, 3.8) is 0 Å². The van der Waals surface area contributed by atoms with E-state index in [-0.39, 0.29) is 41.6 Å². The highest BCUT2D eigenvalue weighted by molar-refractivity contribution is 7.78. The number of hydrogen-bond donors (Lipinski definition) is 8. The number of nitrogen functional groups attached to an aromatic ring is 1. The maximum atomic E-state index is 13.0. The number of oxime groups is 1. The molecule has 0 bridgehead atoms. The summed E-state index contributed by atoms with van der Waals surface area (Å²) in [5.74, 6) is -2.47. The quantitative estimate of drug-likeness (QED) is 0.0600. The van der Waals surface area contributed by atoms with Crippen molar-refractivity contribution in [2.75, 3.05) is 18.8 Å². The van der Waals surface area contributed by atoms with Crippen molar-refractivity contribution in [2.45, 2.75) is 43.0 Å². The molecule has 2 heterocycles. The number of thiazole rings is 1. The third kappa shape index (κ3) is 6.05. The van der Waals surface area contributed by atoms with E-state index >= 15 is 0 Å². The number of hydrazone groups is 1. The normalized spacial score (nSPS) is 21.9. The van der Waals surface area contributed by atoms with Crippen LogP contribution in [0, 0.1) is 5.41 Å². The number of carboxylic acids is 1. The zero-order valence-electron chi connectivity index (χ0n) is 18.4. The fourth-order valence-corrected chi connectivity index (χ4v) is 3.87. The van der Waals surface area contributed by atoms with Gasteiger partial charge in [-0.3, -0.25) is 13.9 Å². The number of rotatable bonds is 13. The minimum absolute atomic E-state index is 0.0762. The third-order valence-corrected chi connectivity index (χ3v) is 6.50. The highest BCUT2D eigenvalue weighted by Gasteiger charge is 2.55. The zero-order chi connectivity index (χ0) is 25.8. The molecule has 3 atom stereocenters. The van der Waals surface area contributed by atoms with Gasteiger partial charge in [0.2, 0.25) is 5.60 Å². The SMILES string of the molecule is N=C(/C=N\NCC1C(NC(=O)/C(=N\OC2(C(=O)O)CC2)c2csc(N)n2)C(=O)N1S)C(N)CCN. The van der Waals surface area contributed by atoms with E-state index in [0.29, 0.717) is 13.0 Å². The first-order chi connectivity index (χ1) is 16.6. The summed E-state index contributed by atoms with van der Waals surface area (Å²) in [6.07, 6.45) is 2.17. The lowest BCUT2D eigenvalue weighted by Gasteiger charge is -2.43. The van der Waals surface area contributed by atoms with Crippen LogP contribution in [0.25, 0.3) is 0 Å². The molecule has 10 N–H and O–H groups in total. The molecule has 17 heteroatoms. The van der Waals surface area contributed by atoms with Gasteiger partial charge in [-0.2, -0.15) is 5.10 Å². The molecule has 35 heavy (non-hydrogen) atoms. The molecular formula is C18H26N10O5S2. The smallest absolute Gasteiger partial charge is 0.350 e. The minimum Gasteiger partial charge on any atom is -0.478 e. The molecule has 1 aliphatic heterocycles. The van der Waals surface area contributed by atoms with Crippen LogP contribution < -0.4 is 27.9 Å². The summed E-state index contributed by atoms with van der Waals surface area (Å²) in [6.45, 7) is 0.441. The van der Waals surface area contributed by atoms with Gasteiger partial charge in [-0.25, -0.2) is 9.78 Å². The van der Waals surface area contributed by atoms with E-state index in [9.17, 15) is 19.5 Å². The van der Waals surface area contributed by atoms with E-state index in [0.717, 1.165) is 15.6 Å². The fourth-order valence-electron chi connectivity index (χ4n) is 2.99. The fraction of sp³-hybridized carbons (Fsp3) is 0.500. The number of nitrogens with zero attached hydrogens (tertiary/aromatic N) is 4. The number of aromatic nitrogens is 1. The number of anilines is 1. The van der Waals surface area contributed by atoms with E-state index in [1.54, 1.807) is 0 Å². The van der Waals surface area contributed by atoms with Crippen molar-refractivity contribution < 1.29 is 24.3 Å². The number of carboxylic acid groups (broad SMARTS) is 1. The van der Waals surface area contributed by atoms with E-state index in [1.807, 2.05) is 0 Å². The molecule has 0 aromatic carbocycles. The second-order valence-corrected chi connectivity index (χ2v) is 9.18. The third-order valence-electron chi connectivity index (χ3n) is 5.34. The van der Waals surface area contributed by atoms with Crippen molar-refractivity contribution in [3.05, 3.63) is 11.1 Å². The standard InChI is InChI=1S/C18H26N10O5S2/c19-4-1-8(20)9(21)5-23-24-6-11-13(15(30)28(11)34)26-14(29)12(10-7-35-17(22)25-10)27-33-18(2-3-18)16(31)32/h5,7-8,11,13,21,24,34H,1-4,6,19-20H2,(H2,22,25)(H,26,29)(H,31,32)/b21-9?,23-5-,27-12-. The average Bonchev–Trinajstić information content (AvgIpc) is 3.51. The number of aliphatic carboxylic acids is 1.